The van der Waals surface area contributed by atoms with Crippen LogP contribution in [-0.4, -0.2) is 19.0 Å². The van der Waals surface area contributed by atoms with Crippen molar-refractivity contribution in [2.45, 2.75) is 31.7 Å². The van der Waals surface area contributed by atoms with E-state index in [2.05, 4.69) is 60.8 Å². The third-order valence-electron chi connectivity index (χ3n) is 6.53. The van der Waals surface area contributed by atoms with Crippen molar-refractivity contribution < 1.29 is 14.3 Å². The SMILES string of the molecule is CC1/C=C\C=C/Cc2ccccc2C1COC(=O)NC(CC=O)c1ccc(-c2ccccc2)cc1. The van der Waals surface area contributed by atoms with E-state index in [4.69, 9.17) is 4.74 Å². The van der Waals surface area contributed by atoms with Gasteiger partial charge in [0.15, 0.2) is 0 Å². The summed E-state index contributed by atoms with van der Waals surface area (Å²) in [7, 11) is 0. The van der Waals surface area contributed by atoms with Gasteiger partial charge in [0.05, 0.1) is 6.04 Å². The zero-order chi connectivity index (χ0) is 24.5. The number of aldehydes is 1. The molecule has 3 unspecified atom stereocenters. The Kier molecular flexibility index (Phi) is 8.29. The highest BCUT2D eigenvalue weighted by molar-refractivity contribution is 5.69. The number of alkyl carbamates (subject to hydrolysis) is 1. The molecule has 0 saturated heterocycles. The molecule has 1 aliphatic rings. The summed E-state index contributed by atoms with van der Waals surface area (Å²) in [5.74, 6) is 0.241. The number of hydrogen-bond acceptors (Lipinski definition) is 3. The summed E-state index contributed by atoms with van der Waals surface area (Å²) in [5.41, 5.74) is 5.50. The molecule has 1 aliphatic carbocycles. The first-order valence-electron chi connectivity index (χ1n) is 12.1. The van der Waals surface area contributed by atoms with Gasteiger partial charge in [0.1, 0.15) is 12.9 Å². The van der Waals surface area contributed by atoms with E-state index in [9.17, 15) is 9.59 Å². The molecule has 0 fully saturated rings. The maximum absolute atomic E-state index is 12.8. The van der Waals surface area contributed by atoms with Gasteiger partial charge in [0, 0.05) is 12.3 Å². The first kappa shape index (κ1) is 24.2. The smallest absolute Gasteiger partial charge is 0.407 e. The minimum absolute atomic E-state index is 0.0442. The molecular weight excluding hydrogens is 434 g/mol. The third-order valence-corrected chi connectivity index (χ3v) is 6.53. The van der Waals surface area contributed by atoms with E-state index in [0.29, 0.717) is 0 Å². The van der Waals surface area contributed by atoms with Gasteiger partial charge in [-0.3, -0.25) is 0 Å². The van der Waals surface area contributed by atoms with Crippen molar-refractivity contribution in [1.82, 2.24) is 5.32 Å². The predicted molar refractivity (Wildman–Crippen MR) is 140 cm³/mol. The molecule has 4 rings (SSSR count). The average molecular weight is 466 g/mol. The summed E-state index contributed by atoms with van der Waals surface area (Å²) in [5, 5.41) is 2.89. The van der Waals surface area contributed by atoms with Gasteiger partial charge in [0.2, 0.25) is 0 Å². The molecule has 0 aliphatic heterocycles. The van der Waals surface area contributed by atoms with Crippen LogP contribution in [-0.2, 0) is 16.0 Å². The normalized spacial score (nSPS) is 19.7. The molecule has 178 valence electrons. The summed E-state index contributed by atoms with van der Waals surface area (Å²) < 4.78 is 5.72. The zero-order valence-corrected chi connectivity index (χ0v) is 20.0. The lowest BCUT2D eigenvalue weighted by Crippen LogP contribution is -2.31. The quantitative estimate of drug-likeness (QED) is 0.391. The summed E-state index contributed by atoms with van der Waals surface area (Å²) >= 11 is 0. The van der Waals surface area contributed by atoms with Crippen molar-refractivity contribution in [2.75, 3.05) is 6.61 Å². The monoisotopic (exact) mass is 465 g/mol. The van der Waals surface area contributed by atoms with Crippen molar-refractivity contribution in [3.05, 3.63) is 120 Å². The van der Waals surface area contributed by atoms with Crippen molar-refractivity contribution in [2.24, 2.45) is 5.92 Å². The predicted octanol–water partition coefficient (Wildman–Crippen LogP) is 6.80. The number of fused-ring (bicyclic) bond motifs is 1. The van der Waals surface area contributed by atoms with Crippen LogP contribution in [0.15, 0.2) is 103 Å². The van der Waals surface area contributed by atoms with Gasteiger partial charge >= 0.3 is 6.09 Å². The number of carbonyl (C=O) groups is 2. The van der Waals surface area contributed by atoms with Crippen LogP contribution >= 0.6 is 0 Å². The fourth-order valence-corrected chi connectivity index (χ4v) is 4.52. The number of carbonyl (C=O) groups excluding carboxylic acids is 2. The van der Waals surface area contributed by atoms with Gasteiger partial charge in [0.25, 0.3) is 0 Å². The number of amides is 1. The molecule has 0 saturated carbocycles. The van der Waals surface area contributed by atoms with Crippen LogP contribution in [0.4, 0.5) is 4.79 Å². The average Bonchev–Trinajstić information content (AvgIpc) is 2.97. The Labute approximate surface area is 207 Å². The summed E-state index contributed by atoms with van der Waals surface area (Å²) in [6.45, 7) is 2.40. The molecule has 0 aromatic heterocycles. The Morgan fingerprint density at radius 3 is 2.46 bits per heavy atom. The van der Waals surface area contributed by atoms with Crippen LogP contribution < -0.4 is 5.32 Å². The summed E-state index contributed by atoms with van der Waals surface area (Å²) in [6.07, 6.45) is 9.74. The number of ether oxygens (including phenoxy) is 1. The Morgan fingerprint density at radius 2 is 1.69 bits per heavy atom. The lowest BCUT2D eigenvalue weighted by Gasteiger charge is -2.25. The molecule has 1 N–H and O–H groups in total. The number of allylic oxidation sites excluding steroid dienone is 4. The standard InChI is InChI=1S/C31H31NO3/c1-23-10-4-2-7-13-26-14-8-9-15-28(26)29(23)22-35-31(34)32-30(20-21-33)27-18-16-25(17-19-27)24-11-5-3-6-12-24/h2-12,14-19,21,23,29-30H,13,20,22H2,1H3,(H,32,34)/b7-2-,10-4-. The Balaban J connectivity index is 1.44. The number of benzene rings is 3. The zero-order valence-electron chi connectivity index (χ0n) is 20.0. The molecule has 3 aromatic rings. The van der Waals surface area contributed by atoms with Crippen molar-refractivity contribution in [1.29, 1.82) is 0 Å². The summed E-state index contributed by atoms with van der Waals surface area (Å²) in [4.78, 5) is 24.1. The van der Waals surface area contributed by atoms with Crippen LogP contribution in [0, 0.1) is 5.92 Å². The van der Waals surface area contributed by atoms with Gasteiger partial charge in [-0.15, -0.1) is 0 Å². The van der Waals surface area contributed by atoms with E-state index in [-0.39, 0.29) is 24.9 Å². The van der Waals surface area contributed by atoms with Crippen LogP contribution in [0.25, 0.3) is 11.1 Å². The Morgan fingerprint density at radius 1 is 0.971 bits per heavy atom. The van der Waals surface area contributed by atoms with Crippen LogP contribution in [0.5, 0.6) is 0 Å². The highest BCUT2D eigenvalue weighted by Gasteiger charge is 2.23. The van der Waals surface area contributed by atoms with Gasteiger partial charge in [-0.1, -0.05) is 110 Å². The van der Waals surface area contributed by atoms with Gasteiger partial charge < -0.3 is 14.8 Å². The first-order chi connectivity index (χ1) is 17.2. The number of rotatable bonds is 7. The molecular formula is C31H31NO3. The van der Waals surface area contributed by atoms with Gasteiger partial charge in [-0.05, 0) is 40.2 Å². The van der Waals surface area contributed by atoms with E-state index >= 15 is 0 Å². The minimum Gasteiger partial charge on any atom is -0.449 e. The fraction of sp³-hybridized carbons (Fsp3) is 0.226. The molecule has 3 aromatic carbocycles. The number of nitrogens with one attached hydrogen (secondary N) is 1. The maximum Gasteiger partial charge on any atom is 0.407 e. The minimum atomic E-state index is -0.518. The van der Waals surface area contributed by atoms with E-state index in [1.54, 1.807) is 0 Å². The molecule has 0 bridgehead atoms. The van der Waals surface area contributed by atoms with Gasteiger partial charge in [-0.25, -0.2) is 4.79 Å². The third kappa shape index (κ3) is 6.36. The lowest BCUT2D eigenvalue weighted by atomic mass is 9.84. The summed E-state index contributed by atoms with van der Waals surface area (Å²) in [6, 6.07) is 25.9. The van der Waals surface area contributed by atoms with Gasteiger partial charge in [-0.2, -0.15) is 0 Å². The van der Waals surface area contributed by atoms with Crippen molar-refractivity contribution >= 4 is 12.4 Å². The Bertz CT molecular complexity index is 1180. The Hall–Kier alpha value is -3.92. The second kappa shape index (κ2) is 12.0. The number of hydrogen-bond donors (Lipinski definition) is 1. The second-order valence-electron chi connectivity index (χ2n) is 8.87. The van der Waals surface area contributed by atoms with E-state index in [0.717, 1.165) is 29.4 Å². The van der Waals surface area contributed by atoms with E-state index in [1.165, 1.54) is 11.1 Å². The van der Waals surface area contributed by atoms with Crippen LogP contribution in [0.1, 0.15) is 42.0 Å². The topological polar surface area (TPSA) is 55.4 Å². The molecule has 0 radical (unpaired) electrons. The van der Waals surface area contributed by atoms with Crippen LogP contribution in [0.2, 0.25) is 0 Å². The first-order valence-corrected chi connectivity index (χ1v) is 12.1. The van der Waals surface area contributed by atoms with E-state index in [1.807, 2.05) is 54.6 Å². The lowest BCUT2D eigenvalue weighted by molar-refractivity contribution is -0.108. The second-order valence-corrected chi connectivity index (χ2v) is 8.87. The van der Waals surface area contributed by atoms with E-state index < -0.39 is 12.1 Å². The maximum atomic E-state index is 12.8. The molecule has 0 spiro atoms. The molecule has 3 atom stereocenters. The molecule has 4 nitrogen and oxygen atoms in total. The highest BCUT2D eigenvalue weighted by Crippen LogP contribution is 2.30. The molecule has 0 heterocycles. The highest BCUT2D eigenvalue weighted by atomic mass is 16.5. The van der Waals surface area contributed by atoms with Crippen LogP contribution in [0.3, 0.4) is 0 Å². The molecule has 4 heteroatoms. The van der Waals surface area contributed by atoms with Crippen molar-refractivity contribution in [3.8, 4) is 11.1 Å². The largest absolute Gasteiger partial charge is 0.449 e. The molecule has 1 amide bonds. The van der Waals surface area contributed by atoms with Crippen molar-refractivity contribution in [3.63, 3.8) is 0 Å². The molecule has 35 heavy (non-hydrogen) atoms. The fourth-order valence-electron chi connectivity index (χ4n) is 4.52.